The van der Waals surface area contributed by atoms with Crippen LogP contribution in [0, 0.1) is 4.77 Å². The highest BCUT2D eigenvalue weighted by Crippen LogP contribution is 2.38. The minimum Gasteiger partial charge on any atom is -0.351 e. The summed E-state index contributed by atoms with van der Waals surface area (Å²) in [5, 5.41) is 10.0. The van der Waals surface area contributed by atoms with Gasteiger partial charge in [-0.15, -0.1) is 0 Å². The molecule has 6 heteroatoms. The van der Waals surface area contributed by atoms with Gasteiger partial charge in [0.2, 0.25) is 5.91 Å². The molecule has 1 aliphatic rings. The first kappa shape index (κ1) is 13.3. The number of nitrogens with one attached hydrogen (secondary N) is 2. The molecule has 2 rings (SSSR count). The number of aromatic amines is 1. The third-order valence-electron chi connectivity index (χ3n) is 2.81. The molecule has 18 heavy (non-hydrogen) atoms. The molecular formula is C12H20N4OS. The number of carbonyl (C=O) groups is 1. The molecule has 1 aromatic rings. The number of amides is 1. The van der Waals surface area contributed by atoms with Crippen LogP contribution >= 0.6 is 12.2 Å². The highest BCUT2D eigenvalue weighted by molar-refractivity contribution is 7.71. The number of hydrogen-bond donors (Lipinski definition) is 2. The third kappa shape index (κ3) is 3.41. The normalized spacial score (nSPS) is 15.7. The molecule has 1 fully saturated rings. The Balaban J connectivity index is 1.96. The van der Waals surface area contributed by atoms with Gasteiger partial charge in [0.05, 0.1) is 0 Å². The van der Waals surface area contributed by atoms with Gasteiger partial charge in [-0.1, -0.05) is 0 Å². The minimum absolute atomic E-state index is 0.0485. The number of nitrogens with zero attached hydrogens (tertiary/aromatic N) is 2. The van der Waals surface area contributed by atoms with Crippen LogP contribution in [0.1, 0.15) is 51.8 Å². The lowest BCUT2D eigenvalue weighted by Crippen LogP contribution is -2.40. The first-order valence-corrected chi connectivity index (χ1v) is 6.74. The first-order chi connectivity index (χ1) is 8.37. The summed E-state index contributed by atoms with van der Waals surface area (Å²) in [6.07, 6.45) is 2.78. The van der Waals surface area contributed by atoms with Gasteiger partial charge >= 0.3 is 0 Å². The summed E-state index contributed by atoms with van der Waals surface area (Å²) in [6.45, 7) is 6.53. The molecule has 0 aliphatic heterocycles. The Labute approximate surface area is 112 Å². The first-order valence-electron chi connectivity index (χ1n) is 6.33. The van der Waals surface area contributed by atoms with Crippen LogP contribution < -0.4 is 5.32 Å². The van der Waals surface area contributed by atoms with E-state index in [1.807, 2.05) is 25.3 Å². The topological polar surface area (TPSA) is 62.7 Å². The monoisotopic (exact) mass is 268 g/mol. The second-order valence-electron chi connectivity index (χ2n) is 5.86. The van der Waals surface area contributed by atoms with Gasteiger partial charge in [0.15, 0.2) is 4.77 Å². The summed E-state index contributed by atoms with van der Waals surface area (Å²) in [7, 11) is 0. The number of rotatable bonds is 4. The molecule has 0 saturated heterocycles. The van der Waals surface area contributed by atoms with Crippen molar-refractivity contribution in [2.24, 2.45) is 0 Å². The zero-order valence-corrected chi connectivity index (χ0v) is 11.9. The van der Waals surface area contributed by atoms with E-state index in [0.29, 0.717) is 23.7 Å². The van der Waals surface area contributed by atoms with Gasteiger partial charge in [-0.3, -0.25) is 9.89 Å². The average Bonchev–Trinajstić information content (AvgIpc) is 2.99. The van der Waals surface area contributed by atoms with E-state index < -0.39 is 0 Å². The van der Waals surface area contributed by atoms with Crippen molar-refractivity contribution < 1.29 is 4.79 Å². The van der Waals surface area contributed by atoms with E-state index >= 15 is 0 Å². The molecule has 1 aromatic heterocycles. The fraction of sp³-hybridized carbons (Fsp3) is 0.750. The molecule has 0 radical (unpaired) electrons. The molecule has 0 atom stereocenters. The molecule has 0 aromatic carbocycles. The fourth-order valence-electron chi connectivity index (χ4n) is 1.89. The van der Waals surface area contributed by atoms with E-state index in [9.17, 15) is 4.79 Å². The van der Waals surface area contributed by atoms with Crippen molar-refractivity contribution in [2.75, 3.05) is 0 Å². The SMILES string of the molecule is CC(C)(C)NC(=O)CCn1c(C2CC2)n[nH]c1=S. The van der Waals surface area contributed by atoms with Crippen molar-refractivity contribution in [1.29, 1.82) is 0 Å². The second kappa shape index (κ2) is 4.84. The van der Waals surface area contributed by atoms with Crippen molar-refractivity contribution >= 4 is 18.1 Å². The van der Waals surface area contributed by atoms with Crippen molar-refractivity contribution in [3.05, 3.63) is 10.6 Å². The van der Waals surface area contributed by atoms with Gasteiger partial charge in [0.1, 0.15) is 5.82 Å². The van der Waals surface area contributed by atoms with Gasteiger partial charge in [0.25, 0.3) is 0 Å². The second-order valence-corrected chi connectivity index (χ2v) is 6.25. The summed E-state index contributed by atoms with van der Waals surface area (Å²) in [4.78, 5) is 11.8. The molecule has 100 valence electrons. The lowest BCUT2D eigenvalue weighted by molar-refractivity contribution is -0.122. The Hall–Kier alpha value is -1.17. The summed E-state index contributed by atoms with van der Waals surface area (Å²) >= 11 is 5.19. The molecule has 1 amide bonds. The Kier molecular flexibility index (Phi) is 3.56. The van der Waals surface area contributed by atoms with E-state index in [1.54, 1.807) is 0 Å². The molecule has 5 nitrogen and oxygen atoms in total. The van der Waals surface area contributed by atoms with Gasteiger partial charge in [-0.2, -0.15) is 5.10 Å². The van der Waals surface area contributed by atoms with Crippen molar-refractivity contribution in [3.63, 3.8) is 0 Å². The number of hydrogen-bond acceptors (Lipinski definition) is 3. The number of carbonyl (C=O) groups excluding carboxylic acids is 1. The smallest absolute Gasteiger partial charge is 0.222 e. The summed E-state index contributed by atoms with van der Waals surface area (Å²) in [5.74, 6) is 1.58. The molecule has 0 bridgehead atoms. The van der Waals surface area contributed by atoms with Crippen molar-refractivity contribution in [3.8, 4) is 0 Å². The van der Waals surface area contributed by atoms with Crippen LogP contribution in [0.15, 0.2) is 0 Å². The average molecular weight is 268 g/mol. The number of H-pyrrole nitrogens is 1. The van der Waals surface area contributed by atoms with E-state index in [1.165, 1.54) is 12.8 Å². The largest absolute Gasteiger partial charge is 0.351 e. The maximum Gasteiger partial charge on any atom is 0.222 e. The predicted octanol–water partition coefficient (Wildman–Crippen LogP) is 2.12. The van der Waals surface area contributed by atoms with E-state index in [-0.39, 0.29) is 11.4 Å². The van der Waals surface area contributed by atoms with E-state index in [2.05, 4.69) is 15.5 Å². The maximum atomic E-state index is 11.8. The summed E-state index contributed by atoms with van der Waals surface area (Å²) in [6, 6.07) is 0. The highest BCUT2D eigenvalue weighted by Gasteiger charge is 2.29. The van der Waals surface area contributed by atoms with Crippen molar-refractivity contribution in [2.45, 2.75) is 58.0 Å². The highest BCUT2D eigenvalue weighted by atomic mass is 32.1. The zero-order chi connectivity index (χ0) is 13.3. The zero-order valence-electron chi connectivity index (χ0n) is 11.1. The molecule has 1 saturated carbocycles. The lowest BCUT2D eigenvalue weighted by atomic mass is 10.1. The van der Waals surface area contributed by atoms with E-state index in [0.717, 1.165) is 5.82 Å². The molecular weight excluding hydrogens is 248 g/mol. The fourth-order valence-corrected chi connectivity index (χ4v) is 2.12. The number of aromatic nitrogens is 3. The molecule has 2 N–H and O–H groups in total. The van der Waals surface area contributed by atoms with Crippen molar-refractivity contribution in [1.82, 2.24) is 20.1 Å². The summed E-state index contributed by atoms with van der Waals surface area (Å²) < 4.78 is 2.57. The van der Waals surface area contributed by atoms with Crippen LogP contribution in [0.25, 0.3) is 0 Å². The van der Waals surface area contributed by atoms with Gasteiger partial charge < -0.3 is 9.88 Å². The predicted molar refractivity (Wildman–Crippen MR) is 71.9 cm³/mol. The third-order valence-corrected chi connectivity index (χ3v) is 3.12. The quantitative estimate of drug-likeness (QED) is 0.822. The van der Waals surface area contributed by atoms with Crippen LogP contribution in [0.3, 0.4) is 0 Å². The van der Waals surface area contributed by atoms with Crippen LogP contribution in [-0.4, -0.2) is 26.2 Å². The van der Waals surface area contributed by atoms with Crippen LogP contribution in [0.4, 0.5) is 0 Å². The Bertz CT molecular complexity index is 493. The molecule has 0 unspecified atom stereocenters. The van der Waals surface area contributed by atoms with E-state index in [4.69, 9.17) is 12.2 Å². The Morgan fingerprint density at radius 1 is 1.56 bits per heavy atom. The molecule has 1 aliphatic carbocycles. The van der Waals surface area contributed by atoms with Crippen LogP contribution in [0.5, 0.6) is 0 Å². The lowest BCUT2D eigenvalue weighted by Gasteiger charge is -2.20. The van der Waals surface area contributed by atoms with Gasteiger partial charge in [0, 0.05) is 24.4 Å². The van der Waals surface area contributed by atoms with Crippen LogP contribution in [-0.2, 0) is 11.3 Å². The molecule has 0 spiro atoms. The Morgan fingerprint density at radius 2 is 2.22 bits per heavy atom. The van der Waals surface area contributed by atoms with Crippen LogP contribution in [0.2, 0.25) is 0 Å². The summed E-state index contributed by atoms with van der Waals surface area (Å²) in [5.41, 5.74) is -0.186. The maximum absolute atomic E-state index is 11.8. The van der Waals surface area contributed by atoms with Gasteiger partial charge in [-0.05, 0) is 45.8 Å². The minimum atomic E-state index is -0.186. The molecule has 1 heterocycles. The Morgan fingerprint density at radius 3 is 2.78 bits per heavy atom. The standard InChI is InChI=1S/C12H20N4OS/c1-12(2,3)13-9(17)6-7-16-10(8-4-5-8)14-15-11(16)18/h8H,4-7H2,1-3H3,(H,13,17)(H,15,18). The van der Waals surface area contributed by atoms with Gasteiger partial charge in [-0.25, -0.2) is 0 Å².